The highest BCUT2D eigenvalue weighted by Crippen LogP contribution is 2.37. The van der Waals surface area contributed by atoms with Gasteiger partial charge >= 0.3 is 18.2 Å². The number of urea groups is 1. The van der Waals surface area contributed by atoms with Crippen LogP contribution in [0.2, 0.25) is 0 Å². The summed E-state index contributed by atoms with van der Waals surface area (Å²) in [7, 11) is 0. The number of nitrogens with zero attached hydrogens (tertiary/aromatic N) is 1. The number of ether oxygens (including phenoxy) is 1. The van der Waals surface area contributed by atoms with Gasteiger partial charge in [-0.25, -0.2) is 4.79 Å². The fourth-order valence-electron chi connectivity index (χ4n) is 3.99. The lowest BCUT2D eigenvalue weighted by Crippen LogP contribution is -2.52. The van der Waals surface area contributed by atoms with Gasteiger partial charge in [0.25, 0.3) is 0 Å². The van der Waals surface area contributed by atoms with Crippen molar-refractivity contribution in [2.75, 3.05) is 25.0 Å². The van der Waals surface area contributed by atoms with E-state index in [1.54, 1.807) is 6.92 Å². The van der Waals surface area contributed by atoms with Crippen molar-refractivity contribution in [1.29, 1.82) is 0 Å². The van der Waals surface area contributed by atoms with Crippen molar-refractivity contribution in [2.45, 2.75) is 32.4 Å². The first-order valence-electron chi connectivity index (χ1n) is 10.2. The van der Waals surface area contributed by atoms with Gasteiger partial charge in [-0.2, -0.15) is 13.2 Å². The maximum atomic E-state index is 13.3. The van der Waals surface area contributed by atoms with Crippen LogP contribution in [0.4, 0.5) is 23.7 Å². The lowest BCUT2D eigenvalue weighted by Gasteiger charge is -2.41. The van der Waals surface area contributed by atoms with Crippen LogP contribution in [0.15, 0.2) is 54.6 Å². The number of anilines is 1. The van der Waals surface area contributed by atoms with Gasteiger partial charge in [0.15, 0.2) is 0 Å². The number of likely N-dealkylation sites (tertiary alicyclic amines) is 1. The summed E-state index contributed by atoms with van der Waals surface area (Å²) < 4.78 is 45.1. The van der Waals surface area contributed by atoms with Crippen molar-refractivity contribution in [3.05, 3.63) is 65.7 Å². The molecule has 1 fully saturated rings. The average molecular weight is 434 g/mol. The SMILES string of the molecule is CCOC(=O)[C@]1(Cc2ccccc2)CCCN(C(=O)Nc2ccccc2C(F)(F)F)C1. The lowest BCUT2D eigenvalue weighted by atomic mass is 9.75. The molecule has 8 heteroatoms. The van der Waals surface area contributed by atoms with Gasteiger partial charge in [-0.05, 0) is 43.9 Å². The second-order valence-electron chi connectivity index (χ2n) is 7.66. The Morgan fingerprint density at radius 3 is 2.45 bits per heavy atom. The number of benzene rings is 2. The Morgan fingerprint density at radius 2 is 1.77 bits per heavy atom. The van der Waals surface area contributed by atoms with Gasteiger partial charge in [0, 0.05) is 13.1 Å². The summed E-state index contributed by atoms with van der Waals surface area (Å²) >= 11 is 0. The number of piperidine rings is 1. The minimum Gasteiger partial charge on any atom is -0.466 e. The number of carbonyl (C=O) groups is 2. The molecule has 0 bridgehead atoms. The summed E-state index contributed by atoms with van der Waals surface area (Å²) in [4.78, 5) is 27.2. The quantitative estimate of drug-likeness (QED) is 0.664. The zero-order valence-corrected chi connectivity index (χ0v) is 17.2. The van der Waals surface area contributed by atoms with E-state index in [2.05, 4.69) is 5.32 Å². The Bertz CT molecular complexity index is 918. The van der Waals surface area contributed by atoms with Gasteiger partial charge in [-0.1, -0.05) is 42.5 Å². The highest BCUT2D eigenvalue weighted by atomic mass is 19.4. The number of hydrogen-bond acceptors (Lipinski definition) is 3. The molecule has 0 aliphatic carbocycles. The highest BCUT2D eigenvalue weighted by molar-refractivity contribution is 5.91. The average Bonchev–Trinajstić information content (AvgIpc) is 2.74. The van der Waals surface area contributed by atoms with Gasteiger partial charge in [-0.15, -0.1) is 0 Å². The number of alkyl halides is 3. The first kappa shape index (κ1) is 22.7. The second kappa shape index (κ2) is 9.41. The fourth-order valence-corrected chi connectivity index (χ4v) is 3.99. The minimum absolute atomic E-state index is 0.0702. The first-order valence-corrected chi connectivity index (χ1v) is 10.2. The minimum atomic E-state index is -4.59. The number of amides is 2. The summed E-state index contributed by atoms with van der Waals surface area (Å²) in [6.45, 7) is 2.34. The molecule has 2 aromatic rings. The number of para-hydroxylation sites is 1. The van der Waals surface area contributed by atoms with Crippen LogP contribution >= 0.6 is 0 Å². The monoisotopic (exact) mass is 434 g/mol. The number of hydrogen-bond donors (Lipinski definition) is 1. The Balaban J connectivity index is 1.82. The van der Waals surface area contributed by atoms with Crippen LogP contribution in [0.3, 0.4) is 0 Å². The molecule has 1 N–H and O–H groups in total. The largest absolute Gasteiger partial charge is 0.466 e. The Kier molecular flexibility index (Phi) is 6.87. The van der Waals surface area contributed by atoms with Crippen molar-refractivity contribution in [3.63, 3.8) is 0 Å². The molecular weight excluding hydrogens is 409 g/mol. The summed E-state index contributed by atoms with van der Waals surface area (Å²) in [5.41, 5.74) is -1.24. The smallest absolute Gasteiger partial charge is 0.418 e. The number of esters is 1. The molecule has 1 aliphatic rings. The fraction of sp³-hybridized carbons (Fsp3) is 0.391. The Labute approximate surface area is 179 Å². The topological polar surface area (TPSA) is 58.6 Å². The van der Waals surface area contributed by atoms with Gasteiger partial charge < -0.3 is 15.0 Å². The van der Waals surface area contributed by atoms with E-state index in [1.165, 1.54) is 23.1 Å². The third kappa shape index (κ3) is 5.37. The lowest BCUT2D eigenvalue weighted by molar-refractivity contribution is -0.158. The van der Waals surface area contributed by atoms with Crippen LogP contribution in [-0.2, 0) is 22.1 Å². The molecule has 1 aliphatic heterocycles. The van der Waals surface area contributed by atoms with E-state index < -0.39 is 29.2 Å². The molecule has 31 heavy (non-hydrogen) atoms. The van der Waals surface area contributed by atoms with Crippen LogP contribution < -0.4 is 5.32 Å². The molecule has 0 radical (unpaired) electrons. The molecule has 1 atom stereocenters. The zero-order chi connectivity index (χ0) is 22.5. The number of nitrogens with one attached hydrogen (secondary N) is 1. The molecule has 2 aromatic carbocycles. The number of halogens is 3. The van der Waals surface area contributed by atoms with Crippen LogP contribution in [-0.4, -0.2) is 36.6 Å². The van der Waals surface area contributed by atoms with Gasteiger partial charge in [-0.3, -0.25) is 4.79 Å². The third-order valence-corrected chi connectivity index (χ3v) is 5.43. The number of rotatable bonds is 5. The van der Waals surface area contributed by atoms with Gasteiger partial charge in [0.2, 0.25) is 0 Å². The standard InChI is InChI=1S/C23H25F3N2O3/c1-2-31-20(29)22(15-17-9-4-3-5-10-17)13-8-14-28(16-22)21(30)27-19-12-7-6-11-18(19)23(24,25)26/h3-7,9-12H,2,8,13-16H2,1H3,(H,27,30)/t22-/m0/s1. The molecular formula is C23H25F3N2O3. The van der Waals surface area contributed by atoms with Crippen molar-refractivity contribution in [3.8, 4) is 0 Å². The summed E-state index contributed by atoms with van der Waals surface area (Å²) in [5, 5.41) is 2.37. The summed E-state index contributed by atoms with van der Waals surface area (Å²) in [6.07, 6.45) is -3.13. The Morgan fingerprint density at radius 1 is 1.10 bits per heavy atom. The predicted octanol–water partition coefficient (Wildman–Crippen LogP) is 5.13. The van der Waals surface area contributed by atoms with Gasteiger partial charge in [0.05, 0.1) is 23.3 Å². The van der Waals surface area contributed by atoms with Crippen molar-refractivity contribution < 1.29 is 27.5 Å². The van der Waals surface area contributed by atoms with Gasteiger partial charge in [0.1, 0.15) is 0 Å². The molecule has 166 valence electrons. The van der Waals surface area contributed by atoms with Crippen LogP contribution in [0.5, 0.6) is 0 Å². The summed E-state index contributed by atoms with van der Waals surface area (Å²) in [5.74, 6) is -0.396. The Hall–Kier alpha value is -3.03. The van der Waals surface area contributed by atoms with E-state index in [9.17, 15) is 22.8 Å². The van der Waals surface area contributed by atoms with E-state index in [1.807, 2.05) is 30.3 Å². The van der Waals surface area contributed by atoms with Crippen LogP contribution in [0.25, 0.3) is 0 Å². The van der Waals surface area contributed by atoms with Crippen LogP contribution in [0, 0.1) is 5.41 Å². The number of carbonyl (C=O) groups excluding carboxylic acids is 2. The van der Waals surface area contributed by atoms with Crippen molar-refractivity contribution in [2.24, 2.45) is 5.41 Å². The second-order valence-corrected chi connectivity index (χ2v) is 7.66. The molecule has 2 amide bonds. The van der Waals surface area contributed by atoms with E-state index in [4.69, 9.17) is 4.74 Å². The van der Waals surface area contributed by atoms with Crippen molar-refractivity contribution in [1.82, 2.24) is 4.90 Å². The molecule has 3 rings (SSSR count). The van der Waals surface area contributed by atoms with E-state index in [-0.39, 0.29) is 18.8 Å². The molecule has 0 aromatic heterocycles. The van der Waals surface area contributed by atoms with Crippen molar-refractivity contribution >= 4 is 17.7 Å². The highest BCUT2D eigenvalue weighted by Gasteiger charge is 2.45. The molecule has 1 saturated heterocycles. The van der Waals surface area contributed by atoms with Crippen LogP contribution in [0.1, 0.15) is 30.9 Å². The molecule has 0 saturated carbocycles. The predicted molar refractivity (Wildman–Crippen MR) is 110 cm³/mol. The maximum Gasteiger partial charge on any atom is 0.418 e. The molecule has 0 unspecified atom stereocenters. The molecule has 0 spiro atoms. The normalized spacial score (nSPS) is 19.0. The van der Waals surface area contributed by atoms with E-state index in [0.29, 0.717) is 25.8 Å². The molecule has 5 nitrogen and oxygen atoms in total. The zero-order valence-electron chi connectivity index (χ0n) is 17.2. The maximum absolute atomic E-state index is 13.3. The molecule has 1 heterocycles. The van der Waals surface area contributed by atoms with E-state index in [0.717, 1.165) is 11.6 Å². The third-order valence-electron chi connectivity index (χ3n) is 5.43. The summed E-state index contributed by atoms with van der Waals surface area (Å²) in [6, 6.07) is 13.6. The first-order chi connectivity index (χ1) is 14.7. The van der Waals surface area contributed by atoms with E-state index >= 15 is 0 Å².